The minimum Gasteiger partial charge on any atom is -0.490 e. The van der Waals surface area contributed by atoms with Crippen molar-refractivity contribution in [3.8, 4) is 5.75 Å². The molecule has 42 heavy (non-hydrogen) atoms. The van der Waals surface area contributed by atoms with E-state index >= 15 is 0 Å². The molecular weight excluding hydrogens is 547 g/mol. The molecule has 2 aromatic carbocycles. The fourth-order valence-electron chi connectivity index (χ4n) is 5.13. The smallest absolute Gasteiger partial charge is 0.416 e. The Morgan fingerprint density at radius 1 is 1.07 bits per heavy atom. The molecule has 1 amide bonds. The molecule has 7 nitrogen and oxygen atoms in total. The maximum absolute atomic E-state index is 14.1. The number of carbonyl (C=O) groups is 1. The number of amides is 1. The lowest BCUT2D eigenvalue weighted by Gasteiger charge is -2.36. The summed E-state index contributed by atoms with van der Waals surface area (Å²) in [7, 11) is 5.74. The fourth-order valence-corrected chi connectivity index (χ4v) is 5.13. The zero-order chi connectivity index (χ0) is 31.0. The molecule has 0 aromatic heterocycles. The Morgan fingerprint density at radius 3 is 2.38 bits per heavy atom. The van der Waals surface area contributed by atoms with Crippen molar-refractivity contribution in [2.75, 3.05) is 52.3 Å². The highest BCUT2D eigenvalue weighted by atomic mass is 19.4. The number of carbonyl (C=O) groups excluding carboxylic acids is 1. The number of hydrogen-bond acceptors (Lipinski definition) is 6. The summed E-state index contributed by atoms with van der Waals surface area (Å²) < 4.78 is 51.6. The number of fused-ring (bicyclic) bond motifs is 1. The van der Waals surface area contributed by atoms with Crippen LogP contribution in [-0.2, 0) is 17.5 Å². The lowest BCUT2D eigenvalue weighted by atomic mass is 10.0. The fraction of sp³-hybridized carbons (Fsp3) is 0.594. The van der Waals surface area contributed by atoms with Crippen LogP contribution in [0.3, 0.4) is 0 Å². The van der Waals surface area contributed by atoms with Gasteiger partial charge in [0.05, 0.1) is 36.0 Å². The zero-order valence-corrected chi connectivity index (χ0v) is 25.7. The molecule has 0 saturated carbocycles. The van der Waals surface area contributed by atoms with E-state index < -0.39 is 17.8 Å². The number of likely N-dealkylation sites (N-methyl/N-ethyl adjacent to an activating group) is 1. The highest BCUT2D eigenvalue weighted by Gasteiger charge is 2.31. The van der Waals surface area contributed by atoms with Gasteiger partial charge >= 0.3 is 6.18 Å². The van der Waals surface area contributed by atoms with Crippen molar-refractivity contribution >= 4 is 11.6 Å². The number of alkyl halides is 3. The second-order valence-electron chi connectivity index (χ2n) is 11.8. The topological polar surface area (TPSA) is 65.5 Å². The molecule has 4 atom stereocenters. The average Bonchev–Trinajstić information content (AvgIpc) is 2.93. The van der Waals surface area contributed by atoms with Crippen molar-refractivity contribution in [1.82, 2.24) is 9.80 Å². The molecule has 2 aromatic rings. The van der Waals surface area contributed by atoms with E-state index in [-0.39, 0.29) is 30.6 Å². The van der Waals surface area contributed by atoms with Crippen LogP contribution in [-0.4, -0.2) is 86.5 Å². The van der Waals surface area contributed by atoms with Crippen LogP contribution < -0.4 is 9.64 Å². The van der Waals surface area contributed by atoms with Gasteiger partial charge in [0.1, 0.15) is 5.75 Å². The molecule has 1 aliphatic heterocycles. The van der Waals surface area contributed by atoms with Crippen LogP contribution in [0.2, 0.25) is 0 Å². The minimum atomic E-state index is -4.37. The second-order valence-corrected chi connectivity index (χ2v) is 11.8. The van der Waals surface area contributed by atoms with Crippen molar-refractivity contribution in [1.29, 1.82) is 0 Å². The molecule has 0 fully saturated rings. The average molecular weight is 594 g/mol. The number of anilines is 1. The highest BCUT2D eigenvalue weighted by Crippen LogP contribution is 2.30. The maximum atomic E-state index is 14.1. The lowest BCUT2D eigenvalue weighted by molar-refractivity contribution is -0.137. The SMILES string of the molecule is C[C@H]1CCCCO[C@H](CN(C)Cc2ccc(C(F)(F)F)cc2)[C@@H](C)CN([C@@H](C)CO)C(=O)c2cc(N(C)C)ccc2O1. The van der Waals surface area contributed by atoms with Gasteiger partial charge in [-0.3, -0.25) is 9.69 Å². The molecule has 1 heterocycles. The Morgan fingerprint density at radius 2 is 1.76 bits per heavy atom. The summed E-state index contributed by atoms with van der Waals surface area (Å²) in [6.07, 6.45) is -2.16. The molecule has 0 aliphatic carbocycles. The normalized spacial score (nSPS) is 21.8. The van der Waals surface area contributed by atoms with Gasteiger partial charge in [-0.25, -0.2) is 0 Å². The lowest BCUT2D eigenvalue weighted by Crippen LogP contribution is -2.47. The van der Waals surface area contributed by atoms with E-state index in [0.717, 1.165) is 42.6 Å². The predicted octanol–water partition coefficient (Wildman–Crippen LogP) is 5.70. The molecule has 0 unspecified atom stereocenters. The van der Waals surface area contributed by atoms with E-state index in [1.807, 2.05) is 69.9 Å². The van der Waals surface area contributed by atoms with Gasteiger partial charge in [0.25, 0.3) is 5.91 Å². The largest absolute Gasteiger partial charge is 0.490 e. The molecule has 1 aliphatic rings. The van der Waals surface area contributed by atoms with Gasteiger partial charge in [0.2, 0.25) is 0 Å². The molecular formula is C32H46F3N3O4. The van der Waals surface area contributed by atoms with Gasteiger partial charge in [0, 0.05) is 51.9 Å². The Kier molecular flexibility index (Phi) is 12.1. The van der Waals surface area contributed by atoms with Crippen molar-refractivity contribution in [3.63, 3.8) is 0 Å². The number of rotatable bonds is 7. The monoisotopic (exact) mass is 593 g/mol. The summed E-state index contributed by atoms with van der Waals surface area (Å²) in [6.45, 7) is 7.52. The highest BCUT2D eigenvalue weighted by molar-refractivity contribution is 5.98. The van der Waals surface area contributed by atoms with Gasteiger partial charge < -0.3 is 24.4 Å². The summed E-state index contributed by atoms with van der Waals surface area (Å²) in [5.74, 6) is 0.214. The molecule has 0 spiro atoms. The number of nitrogens with zero attached hydrogens (tertiary/aromatic N) is 3. The first-order chi connectivity index (χ1) is 19.8. The Hall–Kier alpha value is -2.82. The zero-order valence-electron chi connectivity index (χ0n) is 25.7. The predicted molar refractivity (Wildman–Crippen MR) is 159 cm³/mol. The third-order valence-corrected chi connectivity index (χ3v) is 7.78. The molecule has 234 valence electrons. The number of benzene rings is 2. The van der Waals surface area contributed by atoms with E-state index in [9.17, 15) is 23.1 Å². The van der Waals surface area contributed by atoms with Crippen LogP contribution in [0.1, 0.15) is 61.5 Å². The molecule has 1 N–H and O–H groups in total. The number of halogens is 3. The van der Waals surface area contributed by atoms with Gasteiger partial charge in [-0.05, 0) is 76.1 Å². The van der Waals surface area contributed by atoms with Crippen LogP contribution in [0.5, 0.6) is 5.75 Å². The van der Waals surface area contributed by atoms with Crippen molar-refractivity contribution in [2.45, 2.75) is 71.0 Å². The van der Waals surface area contributed by atoms with E-state index in [2.05, 4.69) is 0 Å². The summed E-state index contributed by atoms with van der Waals surface area (Å²) in [5.41, 5.74) is 1.43. The first-order valence-corrected chi connectivity index (χ1v) is 14.7. The van der Waals surface area contributed by atoms with E-state index in [1.54, 1.807) is 4.90 Å². The summed E-state index contributed by atoms with van der Waals surface area (Å²) in [6, 6.07) is 10.4. The molecule has 3 rings (SSSR count). The third-order valence-electron chi connectivity index (χ3n) is 7.78. The number of aliphatic hydroxyl groups excluding tert-OH is 1. The summed E-state index contributed by atoms with van der Waals surface area (Å²) in [5, 5.41) is 10.1. The first-order valence-electron chi connectivity index (χ1n) is 14.7. The van der Waals surface area contributed by atoms with E-state index in [0.29, 0.717) is 37.6 Å². The minimum absolute atomic E-state index is 0.0960. The molecule has 0 saturated heterocycles. The number of hydrogen-bond donors (Lipinski definition) is 1. The van der Waals surface area contributed by atoms with Gasteiger partial charge in [0.15, 0.2) is 0 Å². The van der Waals surface area contributed by atoms with E-state index in [4.69, 9.17) is 9.47 Å². The van der Waals surface area contributed by atoms with Crippen LogP contribution >= 0.6 is 0 Å². The maximum Gasteiger partial charge on any atom is 0.416 e. The third kappa shape index (κ3) is 9.34. The van der Waals surface area contributed by atoms with Gasteiger partial charge in [-0.1, -0.05) is 19.1 Å². The van der Waals surface area contributed by atoms with Crippen molar-refractivity contribution in [2.24, 2.45) is 5.92 Å². The molecule has 0 radical (unpaired) electrons. The summed E-state index contributed by atoms with van der Waals surface area (Å²) >= 11 is 0. The summed E-state index contributed by atoms with van der Waals surface area (Å²) in [4.78, 5) is 19.7. The Balaban J connectivity index is 1.86. The quantitative estimate of drug-likeness (QED) is 0.445. The van der Waals surface area contributed by atoms with Crippen molar-refractivity contribution in [3.05, 3.63) is 59.2 Å². The van der Waals surface area contributed by atoms with Crippen molar-refractivity contribution < 1.29 is 32.5 Å². The van der Waals surface area contributed by atoms with Gasteiger partial charge in [-0.2, -0.15) is 13.2 Å². The first kappa shape index (κ1) is 33.7. The van der Waals surface area contributed by atoms with Crippen LogP contribution in [0, 0.1) is 5.92 Å². The Bertz CT molecular complexity index is 1140. The number of aliphatic hydroxyl groups is 1. The number of ether oxygens (including phenoxy) is 2. The van der Waals surface area contributed by atoms with Crippen LogP contribution in [0.15, 0.2) is 42.5 Å². The standard InChI is InChI=1S/C32H46F3N3O4/c1-22-18-38(23(2)21-39)31(40)28-17-27(36(4)5)14-15-29(28)42-24(3)9-7-8-16-41-30(22)20-37(6)19-25-10-12-26(13-11-25)32(33,34)35/h10-15,17,22-24,30,39H,7-9,16,18-21H2,1-6H3/t22-,23-,24-,30+/m0/s1. The Labute approximate surface area is 248 Å². The van der Waals surface area contributed by atoms with Crippen LogP contribution in [0.25, 0.3) is 0 Å². The van der Waals surface area contributed by atoms with Crippen LogP contribution in [0.4, 0.5) is 18.9 Å². The molecule has 10 heteroatoms. The van der Waals surface area contributed by atoms with Gasteiger partial charge in [-0.15, -0.1) is 0 Å². The molecule has 0 bridgehead atoms. The second kappa shape index (κ2) is 15.1. The van der Waals surface area contributed by atoms with E-state index in [1.165, 1.54) is 12.1 Å².